The van der Waals surface area contributed by atoms with E-state index in [1.54, 1.807) is 13.8 Å². The van der Waals surface area contributed by atoms with Gasteiger partial charge >= 0.3 is 6.18 Å². The summed E-state index contributed by atoms with van der Waals surface area (Å²) in [6.07, 6.45) is -4.73. The molecule has 1 aliphatic heterocycles. The standard InChI is InChI=1S/C15H17F3N2O3/c1-7(2)19-12(21)8-5-10-11(6-9(8)15(16,17)18)23-14(3,4)13(22)20-10/h5-7H,1-4H3,(H,19,21)(H,20,22). The molecule has 2 amide bonds. The van der Waals surface area contributed by atoms with Gasteiger partial charge in [0.25, 0.3) is 11.8 Å². The summed E-state index contributed by atoms with van der Waals surface area (Å²) in [7, 11) is 0. The van der Waals surface area contributed by atoms with Gasteiger partial charge in [-0.05, 0) is 39.8 Å². The molecule has 2 rings (SSSR count). The fourth-order valence-corrected chi connectivity index (χ4v) is 2.12. The van der Waals surface area contributed by atoms with Crippen molar-refractivity contribution in [2.24, 2.45) is 0 Å². The van der Waals surface area contributed by atoms with Crippen LogP contribution < -0.4 is 15.4 Å². The van der Waals surface area contributed by atoms with Crippen LogP contribution in [0.2, 0.25) is 0 Å². The Morgan fingerprint density at radius 3 is 2.43 bits per heavy atom. The monoisotopic (exact) mass is 330 g/mol. The van der Waals surface area contributed by atoms with Crippen LogP contribution in [0.5, 0.6) is 5.75 Å². The molecule has 0 fully saturated rings. The van der Waals surface area contributed by atoms with Crippen molar-refractivity contribution in [1.29, 1.82) is 0 Å². The van der Waals surface area contributed by atoms with E-state index in [1.807, 2.05) is 0 Å². The minimum atomic E-state index is -4.73. The number of anilines is 1. The Hall–Kier alpha value is -2.25. The lowest BCUT2D eigenvalue weighted by atomic mass is 10.0. The third-order valence-electron chi connectivity index (χ3n) is 3.25. The van der Waals surface area contributed by atoms with Gasteiger partial charge in [-0.2, -0.15) is 13.2 Å². The average molecular weight is 330 g/mol. The van der Waals surface area contributed by atoms with Gasteiger partial charge in [0, 0.05) is 6.04 Å². The molecule has 0 saturated heterocycles. The Morgan fingerprint density at radius 2 is 1.91 bits per heavy atom. The van der Waals surface area contributed by atoms with E-state index in [-0.39, 0.29) is 17.5 Å². The zero-order chi connectivity index (χ0) is 17.6. The molecule has 0 radical (unpaired) electrons. The van der Waals surface area contributed by atoms with E-state index < -0.39 is 34.7 Å². The molecule has 2 N–H and O–H groups in total. The van der Waals surface area contributed by atoms with E-state index in [2.05, 4.69) is 10.6 Å². The number of carbonyl (C=O) groups excluding carboxylic acids is 2. The molecule has 0 saturated carbocycles. The molecule has 0 bridgehead atoms. The van der Waals surface area contributed by atoms with Crippen LogP contribution in [0.3, 0.4) is 0 Å². The van der Waals surface area contributed by atoms with Crippen LogP contribution in [0.15, 0.2) is 12.1 Å². The second kappa shape index (κ2) is 5.43. The summed E-state index contributed by atoms with van der Waals surface area (Å²) in [4.78, 5) is 23.9. The Bertz CT molecular complexity index is 667. The number of alkyl halides is 3. The predicted octanol–water partition coefficient (Wildman–Crippen LogP) is 2.95. The van der Waals surface area contributed by atoms with Crippen LogP contribution in [0.4, 0.5) is 18.9 Å². The number of fused-ring (bicyclic) bond motifs is 1. The molecule has 1 aromatic carbocycles. The SMILES string of the molecule is CC(C)NC(=O)c1cc2c(cc1C(F)(F)F)OC(C)(C)C(=O)N2. The normalized spacial score (nSPS) is 16.4. The van der Waals surface area contributed by atoms with Gasteiger partial charge in [0.05, 0.1) is 16.8 Å². The van der Waals surface area contributed by atoms with Crippen molar-refractivity contribution in [1.82, 2.24) is 5.32 Å². The number of amides is 2. The summed E-state index contributed by atoms with van der Waals surface area (Å²) in [6, 6.07) is 1.40. The van der Waals surface area contributed by atoms with Gasteiger partial charge in [0.2, 0.25) is 0 Å². The number of halogens is 3. The van der Waals surface area contributed by atoms with Gasteiger partial charge in [0.1, 0.15) is 5.75 Å². The molecule has 0 atom stereocenters. The zero-order valence-corrected chi connectivity index (χ0v) is 13.1. The van der Waals surface area contributed by atoms with Gasteiger partial charge in [-0.25, -0.2) is 0 Å². The molecule has 8 heteroatoms. The quantitative estimate of drug-likeness (QED) is 0.876. The highest BCUT2D eigenvalue weighted by Gasteiger charge is 2.41. The van der Waals surface area contributed by atoms with Crippen LogP contribution in [0, 0.1) is 0 Å². The summed E-state index contributed by atoms with van der Waals surface area (Å²) in [6.45, 7) is 6.16. The van der Waals surface area contributed by atoms with Crippen molar-refractivity contribution in [3.05, 3.63) is 23.3 Å². The van der Waals surface area contributed by atoms with Crippen LogP contribution >= 0.6 is 0 Å². The Kier molecular flexibility index (Phi) is 4.04. The molecule has 0 spiro atoms. The number of hydrogen-bond donors (Lipinski definition) is 2. The second-order valence-electron chi connectivity index (χ2n) is 6.09. The van der Waals surface area contributed by atoms with Gasteiger partial charge in [-0.15, -0.1) is 0 Å². The highest BCUT2D eigenvalue weighted by atomic mass is 19.4. The van der Waals surface area contributed by atoms with Crippen LogP contribution in [0.1, 0.15) is 43.6 Å². The van der Waals surface area contributed by atoms with E-state index in [4.69, 9.17) is 4.74 Å². The lowest BCUT2D eigenvalue weighted by molar-refractivity contribution is -0.138. The maximum atomic E-state index is 13.3. The molecule has 0 aliphatic carbocycles. The van der Waals surface area contributed by atoms with Gasteiger partial charge in [-0.1, -0.05) is 0 Å². The van der Waals surface area contributed by atoms with Crippen molar-refractivity contribution in [2.75, 3.05) is 5.32 Å². The minimum Gasteiger partial charge on any atom is -0.476 e. The third-order valence-corrected chi connectivity index (χ3v) is 3.25. The van der Waals surface area contributed by atoms with E-state index in [0.29, 0.717) is 0 Å². The highest BCUT2D eigenvalue weighted by Crippen LogP contribution is 2.41. The smallest absolute Gasteiger partial charge is 0.417 e. The fraction of sp³-hybridized carbons (Fsp3) is 0.467. The van der Waals surface area contributed by atoms with Gasteiger partial charge in [0.15, 0.2) is 5.60 Å². The Balaban J connectivity index is 2.57. The number of rotatable bonds is 2. The fourth-order valence-electron chi connectivity index (χ4n) is 2.12. The molecule has 23 heavy (non-hydrogen) atoms. The van der Waals surface area contributed by atoms with Gasteiger partial charge in [-0.3, -0.25) is 9.59 Å². The topological polar surface area (TPSA) is 67.4 Å². The first-order valence-electron chi connectivity index (χ1n) is 6.98. The zero-order valence-electron chi connectivity index (χ0n) is 13.1. The van der Waals surface area contributed by atoms with E-state index >= 15 is 0 Å². The minimum absolute atomic E-state index is 0.0382. The average Bonchev–Trinajstić information content (AvgIpc) is 2.36. The lowest BCUT2D eigenvalue weighted by Gasteiger charge is -2.32. The van der Waals surface area contributed by atoms with Crippen molar-refractivity contribution >= 4 is 17.5 Å². The van der Waals surface area contributed by atoms with Crippen LogP contribution in [0.25, 0.3) is 0 Å². The molecule has 1 aliphatic rings. The second-order valence-corrected chi connectivity index (χ2v) is 6.09. The first-order valence-corrected chi connectivity index (χ1v) is 6.98. The number of hydrogen-bond acceptors (Lipinski definition) is 3. The maximum absolute atomic E-state index is 13.3. The molecular weight excluding hydrogens is 313 g/mol. The van der Waals surface area contributed by atoms with E-state index in [0.717, 1.165) is 12.1 Å². The summed E-state index contributed by atoms with van der Waals surface area (Å²) in [5, 5.41) is 4.88. The van der Waals surface area contributed by atoms with Crippen molar-refractivity contribution in [3.8, 4) is 5.75 Å². The lowest BCUT2D eigenvalue weighted by Crippen LogP contribution is -2.46. The van der Waals surface area contributed by atoms with Crippen molar-refractivity contribution < 1.29 is 27.5 Å². The Morgan fingerprint density at radius 1 is 1.30 bits per heavy atom. The highest BCUT2D eigenvalue weighted by molar-refractivity contribution is 6.03. The molecule has 0 unspecified atom stereocenters. The van der Waals surface area contributed by atoms with E-state index in [1.165, 1.54) is 13.8 Å². The first kappa shape index (κ1) is 17.1. The molecule has 126 valence electrons. The maximum Gasteiger partial charge on any atom is 0.417 e. The number of benzene rings is 1. The van der Waals surface area contributed by atoms with Crippen molar-refractivity contribution in [3.63, 3.8) is 0 Å². The summed E-state index contributed by atoms with van der Waals surface area (Å²) < 4.78 is 45.1. The van der Waals surface area contributed by atoms with E-state index in [9.17, 15) is 22.8 Å². The van der Waals surface area contributed by atoms with Crippen LogP contribution in [-0.2, 0) is 11.0 Å². The number of nitrogens with one attached hydrogen (secondary N) is 2. The predicted molar refractivity (Wildman–Crippen MR) is 77.4 cm³/mol. The van der Waals surface area contributed by atoms with Gasteiger partial charge < -0.3 is 15.4 Å². The molecule has 5 nitrogen and oxygen atoms in total. The first-order chi connectivity index (χ1) is 10.4. The largest absolute Gasteiger partial charge is 0.476 e. The summed E-state index contributed by atoms with van der Waals surface area (Å²) in [5.74, 6) is -1.49. The number of ether oxygens (including phenoxy) is 1. The molecular formula is C15H17F3N2O3. The summed E-state index contributed by atoms with van der Waals surface area (Å²) >= 11 is 0. The Labute approximate surface area is 131 Å². The van der Waals surface area contributed by atoms with Crippen LogP contribution in [-0.4, -0.2) is 23.5 Å². The molecule has 1 heterocycles. The van der Waals surface area contributed by atoms with Crippen molar-refractivity contribution in [2.45, 2.75) is 45.5 Å². The number of carbonyl (C=O) groups is 2. The third kappa shape index (κ3) is 3.40. The molecule has 0 aromatic heterocycles. The summed E-state index contributed by atoms with van der Waals surface area (Å²) in [5.41, 5.74) is -2.93. The molecule has 1 aromatic rings.